The number of anilines is 1. The van der Waals surface area contributed by atoms with E-state index < -0.39 is 17.5 Å². The summed E-state index contributed by atoms with van der Waals surface area (Å²) in [6.45, 7) is 0.0762. The highest BCUT2D eigenvalue weighted by Crippen LogP contribution is 2.33. The van der Waals surface area contributed by atoms with Gasteiger partial charge in [-0.15, -0.1) is 0 Å². The molecule has 24 heavy (non-hydrogen) atoms. The zero-order chi connectivity index (χ0) is 17.1. The van der Waals surface area contributed by atoms with Crippen molar-refractivity contribution in [1.82, 2.24) is 4.90 Å². The Bertz CT molecular complexity index is 728. The van der Waals surface area contributed by atoms with Crippen LogP contribution in [0.5, 0.6) is 0 Å². The summed E-state index contributed by atoms with van der Waals surface area (Å²) in [5, 5.41) is 2.34. The standard InChI is InChI=1S/C19H20F2N2O/c1-23(17-11-4-7-13-6-2-3-8-14(13)17)12-18(24)22-19-15(20)9-5-10-16(19)21/h2-3,5-6,8-10,17H,4,7,11-12H2,1H3,(H,22,24)/t17-/m1/s1. The van der Waals surface area contributed by atoms with Crippen LogP contribution in [0.25, 0.3) is 0 Å². The number of para-hydroxylation sites is 1. The number of fused-ring (bicyclic) bond motifs is 1. The van der Waals surface area contributed by atoms with Gasteiger partial charge < -0.3 is 5.32 Å². The molecule has 2 aromatic carbocycles. The van der Waals surface area contributed by atoms with E-state index in [0.29, 0.717) is 0 Å². The average molecular weight is 330 g/mol. The smallest absolute Gasteiger partial charge is 0.238 e. The Morgan fingerprint density at radius 2 is 1.88 bits per heavy atom. The lowest BCUT2D eigenvalue weighted by molar-refractivity contribution is -0.117. The average Bonchev–Trinajstić information content (AvgIpc) is 2.57. The maximum Gasteiger partial charge on any atom is 0.238 e. The number of benzene rings is 2. The van der Waals surface area contributed by atoms with Crippen molar-refractivity contribution in [2.24, 2.45) is 0 Å². The van der Waals surface area contributed by atoms with Crippen molar-refractivity contribution in [3.8, 4) is 0 Å². The minimum absolute atomic E-state index is 0.0762. The van der Waals surface area contributed by atoms with Gasteiger partial charge in [0.1, 0.15) is 17.3 Å². The first-order valence-electron chi connectivity index (χ1n) is 8.08. The summed E-state index contributed by atoms with van der Waals surface area (Å²) >= 11 is 0. The molecule has 3 rings (SSSR count). The Morgan fingerprint density at radius 1 is 1.17 bits per heavy atom. The Kier molecular flexibility index (Phi) is 4.90. The molecule has 1 N–H and O–H groups in total. The van der Waals surface area contributed by atoms with Crippen molar-refractivity contribution >= 4 is 11.6 Å². The Morgan fingerprint density at radius 3 is 2.62 bits per heavy atom. The second kappa shape index (κ2) is 7.09. The van der Waals surface area contributed by atoms with Crippen LogP contribution in [0.4, 0.5) is 14.5 Å². The number of nitrogens with zero attached hydrogens (tertiary/aromatic N) is 1. The fourth-order valence-corrected chi connectivity index (χ4v) is 3.32. The predicted molar refractivity (Wildman–Crippen MR) is 89.7 cm³/mol. The van der Waals surface area contributed by atoms with Crippen molar-refractivity contribution in [3.05, 3.63) is 65.2 Å². The van der Waals surface area contributed by atoms with Gasteiger partial charge in [0.2, 0.25) is 5.91 Å². The Labute approximate surface area is 140 Å². The first-order valence-corrected chi connectivity index (χ1v) is 8.08. The van der Waals surface area contributed by atoms with E-state index in [0.717, 1.165) is 31.4 Å². The second-order valence-electron chi connectivity index (χ2n) is 6.17. The molecule has 1 atom stereocenters. The minimum Gasteiger partial charge on any atom is -0.320 e. The zero-order valence-corrected chi connectivity index (χ0v) is 13.6. The molecule has 0 unspecified atom stereocenters. The van der Waals surface area contributed by atoms with Crippen LogP contribution < -0.4 is 5.32 Å². The molecular formula is C19H20F2N2O. The first kappa shape index (κ1) is 16.6. The molecule has 0 saturated heterocycles. The molecule has 0 fully saturated rings. The second-order valence-corrected chi connectivity index (χ2v) is 6.17. The lowest BCUT2D eigenvalue weighted by atomic mass is 9.87. The van der Waals surface area contributed by atoms with Crippen LogP contribution in [-0.4, -0.2) is 24.4 Å². The van der Waals surface area contributed by atoms with Crippen LogP contribution in [0.2, 0.25) is 0 Å². The number of carbonyl (C=O) groups is 1. The zero-order valence-electron chi connectivity index (χ0n) is 13.6. The number of amides is 1. The monoisotopic (exact) mass is 330 g/mol. The van der Waals surface area contributed by atoms with Gasteiger partial charge in [-0.3, -0.25) is 9.69 Å². The third-order valence-electron chi connectivity index (χ3n) is 4.49. The summed E-state index contributed by atoms with van der Waals surface area (Å²) in [4.78, 5) is 14.1. The SMILES string of the molecule is CN(CC(=O)Nc1c(F)cccc1F)[C@@H]1CCCc2ccccc21. The molecule has 126 valence electrons. The van der Waals surface area contributed by atoms with Gasteiger partial charge in [-0.05, 0) is 49.6 Å². The highest BCUT2D eigenvalue weighted by molar-refractivity contribution is 5.92. The summed E-state index contributed by atoms with van der Waals surface area (Å²) in [7, 11) is 1.87. The normalized spacial score (nSPS) is 16.8. The van der Waals surface area contributed by atoms with Crippen LogP contribution in [0.1, 0.15) is 30.0 Å². The number of rotatable bonds is 4. The molecular weight excluding hydrogens is 310 g/mol. The summed E-state index contributed by atoms with van der Waals surface area (Å²) in [5.74, 6) is -1.97. The number of carbonyl (C=O) groups excluding carboxylic acids is 1. The van der Waals surface area contributed by atoms with Gasteiger partial charge >= 0.3 is 0 Å². The van der Waals surface area contributed by atoms with Crippen LogP contribution in [0.15, 0.2) is 42.5 Å². The molecule has 0 heterocycles. The third-order valence-corrected chi connectivity index (χ3v) is 4.49. The van der Waals surface area contributed by atoms with E-state index in [4.69, 9.17) is 0 Å². The molecule has 3 nitrogen and oxygen atoms in total. The predicted octanol–water partition coefficient (Wildman–Crippen LogP) is 3.91. The number of likely N-dealkylation sites (N-methyl/N-ethyl adjacent to an activating group) is 1. The molecule has 0 aromatic heterocycles. The maximum atomic E-state index is 13.6. The van der Waals surface area contributed by atoms with Gasteiger partial charge in [-0.2, -0.15) is 0 Å². The lowest BCUT2D eigenvalue weighted by Crippen LogP contribution is -2.35. The maximum absolute atomic E-state index is 13.6. The van der Waals surface area contributed by atoms with Gasteiger partial charge in [0.25, 0.3) is 0 Å². The highest BCUT2D eigenvalue weighted by atomic mass is 19.1. The van der Waals surface area contributed by atoms with Crippen molar-refractivity contribution in [3.63, 3.8) is 0 Å². The number of hydrogen-bond donors (Lipinski definition) is 1. The molecule has 0 spiro atoms. The van der Waals surface area contributed by atoms with Gasteiger partial charge in [0.05, 0.1) is 6.54 Å². The van der Waals surface area contributed by atoms with Gasteiger partial charge in [-0.1, -0.05) is 30.3 Å². The number of hydrogen-bond acceptors (Lipinski definition) is 2. The highest BCUT2D eigenvalue weighted by Gasteiger charge is 2.25. The van der Waals surface area contributed by atoms with Crippen LogP contribution >= 0.6 is 0 Å². The molecule has 1 aliphatic rings. The van der Waals surface area contributed by atoms with Gasteiger partial charge in [-0.25, -0.2) is 8.78 Å². The summed E-state index contributed by atoms with van der Waals surface area (Å²) in [6, 6.07) is 11.9. The summed E-state index contributed by atoms with van der Waals surface area (Å²) in [6.07, 6.45) is 3.08. The van der Waals surface area contributed by atoms with E-state index in [1.807, 2.05) is 24.1 Å². The van der Waals surface area contributed by atoms with Gasteiger partial charge in [0, 0.05) is 6.04 Å². The Balaban J connectivity index is 1.69. The first-order chi connectivity index (χ1) is 11.6. The molecule has 5 heteroatoms. The molecule has 0 bridgehead atoms. The fourth-order valence-electron chi connectivity index (χ4n) is 3.32. The van der Waals surface area contributed by atoms with Crippen molar-refractivity contribution < 1.29 is 13.6 Å². The van der Waals surface area contributed by atoms with Crippen molar-refractivity contribution in [2.45, 2.75) is 25.3 Å². The molecule has 1 aliphatic carbocycles. The van der Waals surface area contributed by atoms with E-state index >= 15 is 0 Å². The van der Waals surface area contributed by atoms with Crippen molar-refractivity contribution in [2.75, 3.05) is 18.9 Å². The topological polar surface area (TPSA) is 32.3 Å². The molecule has 0 aliphatic heterocycles. The number of nitrogens with one attached hydrogen (secondary N) is 1. The molecule has 0 radical (unpaired) electrons. The van der Waals surface area contributed by atoms with Crippen LogP contribution in [0, 0.1) is 11.6 Å². The van der Waals surface area contributed by atoms with Crippen LogP contribution in [0.3, 0.4) is 0 Å². The van der Waals surface area contributed by atoms with E-state index in [2.05, 4.69) is 17.4 Å². The van der Waals surface area contributed by atoms with Crippen LogP contribution in [-0.2, 0) is 11.2 Å². The number of halogens is 2. The quantitative estimate of drug-likeness (QED) is 0.922. The summed E-state index contributed by atoms with van der Waals surface area (Å²) in [5.41, 5.74) is 2.15. The number of aryl methyl sites for hydroxylation is 1. The van der Waals surface area contributed by atoms with E-state index in [1.54, 1.807) is 0 Å². The van der Waals surface area contributed by atoms with E-state index in [1.165, 1.54) is 17.2 Å². The third kappa shape index (κ3) is 3.46. The lowest BCUT2D eigenvalue weighted by Gasteiger charge is -2.32. The molecule has 1 amide bonds. The molecule has 2 aromatic rings. The van der Waals surface area contributed by atoms with E-state index in [-0.39, 0.29) is 18.3 Å². The fraction of sp³-hybridized carbons (Fsp3) is 0.316. The molecule has 0 saturated carbocycles. The largest absolute Gasteiger partial charge is 0.320 e. The minimum atomic E-state index is -0.769. The summed E-state index contributed by atoms with van der Waals surface area (Å²) < 4.78 is 27.3. The van der Waals surface area contributed by atoms with Crippen molar-refractivity contribution in [1.29, 1.82) is 0 Å². The van der Waals surface area contributed by atoms with E-state index in [9.17, 15) is 13.6 Å². The van der Waals surface area contributed by atoms with Gasteiger partial charge in [0.15, 0.2) is 0 Å². The Hall–Kier alpha value is -2.27.